The number of fused-ring (bicyclic) bond motifs is 3. The monoisotopic (exact) mass is 657 g/mol. The van der Waals surface area contributed by atoms with Gasteiger partial charge in [0.25, 0.3) is 5.91 Å². The Morgan fingerprint density at radius 3 is 2.56 bits per heavy atom. The van der Waals surface area contributed by atoms with Crippen LogP contribution in [0.1, 0.15) is 86.7 Å². The molecule has 1 saturated carbocycles. The van der Waals surface area contributed by atoms with Crippen molar-refractivity contribution in [3.63, 3.8) is 0 Å². The molecule has 1 aliphatic carbocycles. The van der Waals surface area contributed by atoms with E-state index >= 15 is 0 Å². The summed E-state index contributed by atoms with van der Waals surface area (Å²) < 4.78 is 35.5. The van der Waals surface area contributed by atoms with Crippen LogP contribution in [0.4, 0.5) is 5.69 Å². The highest BCUT2D eigenvalue weighted by atomic mass is 35.5. The van der Waals surface area contributed by atoms with Crippen LogP contribution in [-0.4, -0.2) is 57.6 Å². The SMILES string of the molecule is C[C@@H]1[C@@H](C)CCC[C@@H](CC(=O)N(C)C)[C@@H]2CC[C@H]2CN2CCCCc3cc(Cl)ccc3COc3ccc(cc32)C(=O)NS1(=O)=O. The summed E-state index contributed by atoms with van der Waals surface area (Å²) in [5.74, 6) is 1.12. The van der Waals surface area contributed by atoms with Crippen LogP contribution in [0.15, 0.2) is 36.4 Å². The number of hydrogen-bond donors (Lipinski definition) is 1. The predicted molar refractivity (Wildman–Crippen MR) is 179 cm³/mol. The first kappa shape index (κ1) is 33.6. The zero-order valence-corrected chi connectivity index (χ0v) is 28.6. The molecule has 8 nitrogen and oxygen atoms in total. The van der Waals surface area contributed by atoms with E-state index in [9.17, 15) is 18.0 Å². The van der Waals surface area contributed by atoms with Crippen molar-refractivity contribution in [2.75, 3.05) is 32.1 Å². The molecule has 246 valence electrons. The fourth-order valence-electron chi connectivity index (χ4n) is 7.20. The van der Waals surface area contributed by atoms with Gasteiger partial charge in [0.05, 0.1) is 10.9 Å². The standard InChI is InChI=1S/C35H48ClN3O5S/c1-23-8-7-10-26(20-34(40)38(3)4)31-15-12-28(31)21-39-17-6-5-9-25-18-30(36)14-11-29(25)22-44-33-16-13-27(19-32(33)39)35(41)37-45(42,43)24(23)2/h11,13-14,16,18-19,23-24,26,28,31H,5-10,12,15,17,20-22H2,1-4H3,(H,37,41)/t23-,24+,26-,28-,31-/m0/s1. The number of sulfonamides is 1. The van der Waals surface area contributed by atoms with Gasteiger partial charge in [0.2, 0.25) is 15.9 Å². The van der Waals surface area contributed by atoms with Gasteiger partial charge in [0, 0.05) is 44.2 Å². The lowest BCUT2D eigenvalue weighted by atomic mass is 9.64. The fourth-order valence-corrected chi connectivity index (χ4v) is 8.71. The van der Waals surface area contributed by atoms with Crippen molar-refractivity contribution in [2.45, 2.75) is 83.5 Å². The highest BCUT2D eigenvalue weighted by molar-refractivity contribution is 7.90. The topological polar surface area (TPSA) is 96.0 Å². The van der Waals surface area contributed by atoms with Gasteiger partial charge in [-0.15, -0.1) is 0 Å². The highest BCUT2D eigenvalue weighted by Gasteiger charge is 2.39. The number of hydrogen-bond acceptors (Lipinski definition) is 6. The molecule has 0 unspecified atom stereocenters. The maximum absolute atomic E-state index is 13.4. The lowest BCUT2D eigenvalue weighted by Gasteiger charge is -2.45. The Labute approximate surface area is 273 Å². The molecule has 2 aromatic rings. The van der Waals surface area contributed by atoms with Gasteiger partial charge in [0.15, 0.2) is 0 Å². The van der Waals surface area contributed by atoms with Crippen LogP contribution >= 0.6 is 11.6 Å². The third-order valence-electron chi connectivity index (χ3n) is 10.5. The zero-order chi connectivity index (χ0) is 32.3. The number of carbonyl (C=O) groups excluding carboxylic acids is 2. The molecule has 2 aliphatic heterocycles. The zero-order valence-electron chi connectivity index (χ0n) is 27.1. The Bertz CT molecular complexity index is 1500. The van der Waals surface area contributed by atoms with E-state index in [0.29, 0.717) is 41.2 Å². The molecule has 0 radical (unpaired) electrons. The molecule has 2 amide bonds. The minimum absolute atomic E-state index is 0.139. The minimum Gasteiger partial charge on any atom is -0.487 e. The number of halogens is 1. The van der Waals surface area contributed by atoms with E-state index in [4.69, 9.17) is 16.3 Å². The summed E-state index contributed by atoms with van der Waals surface area (Å²) >= 11 is 6.34. The number of aryl methyl sites for hydroxylation is 1. The number of rotatable bonds is 2. The Morgan fingerprint density at radius 1 is 1.02 bits per heavy atom. The average Bonchev–Trinajstić information content (AvgIpc) is 3.01. The molecule has 45 heavy (non-hydrogen) atoms. The highest BCUT2D eigenvalue weighted by Crippen LogP contribution is 2.45. The van der Waals surface area contributed by atoms with E-state index in [1.165, 1.54) is 5.56 Å². The van der Waals surface area contributed by atoms with Crippen molar-refractivity contribution >= 4 is 39.1 Å². The van der Waals surface area contributed by atoms with Crippen LogP contribution in [0.25, 0.3) is 0 Å². The fraction of sp³-hybridized carbons (Fsp3) is 0.600. The normalized spacial score (nSPS) is 27.4. The maximum Gasteiger partial charge on any atom is 0.264 e. The van der Waals surface area contributed by atoms with Crippen LogP contribution in [0.5, 0.6) is 5.75 Å². The molecule has 1 N–H and O–H groups in total. The van der Waals surface area contributed by atoms with Crippen LogP contribution in [-0.2, 0) is 27.8 Å². The van der Waals surface area contributed by atoms with Gasteiger partial charge >= 0.3 is 0 Å². The number of amides is 2. The lowest BCUT2D eigenvalue weighted by Crippen LogP contribution is -2.43. The summed E-state index contributed by atoms with van der Waals surface area (Å²) in [5.41, 5.74) is 3.36. The molecule has 1 fully saturated rings. The molecule has 0 spiro atoms. The summed E-state index contributed by atoms with van der Waals surface area (Å²) in [5, 5.41) is -0.0244. The number of benzene rings is 2. The summed E-state index contributed by atoms with van der Waals surface area (Å²) in [6, 6.07) is 11.2. The van der Waals surface area contributed by atoms with Crippen molar-refractivity contribution in [1.29, 1.82) is 0 Å². The first-order valence-corrected chi connectivity index (χ1v) is 18.4. The Kier molecular flexibility index (Phi) is 10.7. The summed E-state index contributed by atoms with van der Waals surface area (Å²) in [6.07, 6.45) is 7.95. The van der Waals surface area contributed by atoms with Crippen molar-refractivity contribution in [2.24, 2.45) is 23.7 Å². The molecule has 2 bridgehead atoms. The van der Waals surface area contributed by atoms with E-state index in [-0.39, 0.29) is 17.7 Å². The van der Waals surface area contributed by atoms with Gasteiger partial charge in [-0.25, -0.2) is 13.1 Å². The number of nitrogens with one attached hydrogen (secondary N) is 1. The lowest BCUT2D eigenvalue weighted by molar-refractivity contribution is -0.130. The molecule has 10 heteroatoms. The van der Waals surface area contributed by atoms with Gasteiger partial charge < -0.3 is 14.5 Å². The second kappa shape index (κ2) is 14.3. The molecular formula is C35H48ClN3O5S. The Hall–Kier alpha value is -2.78. The molecule has 3 aliphatic rings. The average molecular weight is 658 g/mol. The number of anilines is 1. The number of ether oxygens (including phenoxy) is 1. The summed E-state index contributed by atoms with van der Waals surface area (Å²) in [6.45, 7) is 5.54. The quantitative estimate of drug-likeness (QED) is 0.399. The first-order valence-electron chi connectivity index (χ1n) is 16.5. The molecule has 5 atom stereocenters. The summed E-state index contributed by atoms with van der Waals surface area (Å²) in [4.78, 5) is 30.4. The third-order valence-corrected chi connectivity index (χ3v) is 12.6. The molecule has 0 aromatic heterocycles. The van der Waals surface area contributed by atoms with Crippen molar-refractivity contribution in [1.82, 2.24) is 9.62 Å². The Balaban J connectivity index is 1.53. The van der Waals surface area contributed by atoms with Crippen molar-refractivity contribution < 1.29 is 22.7 Å². The van der Waals surface area contributed by atoms with Crippen molar-refractivity contribution in [3.05, 3.63) is 58.1 Å². The van der Waals surface area contributed by atoms with E-state index < -0.39 is 21.2 Å². The van der Waals surface area contributed by atoms with Gasteiger partial charge in [-0.3, -0.25) is 9.59 Å². The number of carbonyl (C=O) groups is 2. The molecular weight excluding hydrogens is 610 g/mol. The van der Waals surface area contributed by atoms with E-state index in [2.05, 4.69) is 9.62 Å². The Morgan fingerprint density at radius 2 is 1.82 bits per heavy atom. The first-order chi connectivity index (χ1) is 21.4. The molecule has 2 aromatic carbocycles. The third kappa shape index (κ3) is 7.97. The molecule has 5 rings (SSSR count). The van der Waals surface area contributed by atoms with E-state index in [1.54, 1.807) is 30.0 Å². The van der Waals surface area contributed by atoms with E-state index in [0.717, 1.165) is 75.7 Å². The van der Waals surface area contributed by atoms with Crippen LogP contribution in [0.3, 0.4) is 0 Å². The minimum atomic E-state index is -3.90. The second-order valence-corrected chi connectivity index (χ2v) is 16.1. The van der Waals surface area contributed by atoms with Gasteiger partial charge in [-0.1, -0.05) is 31.0 Å². The predicted octanol–water partition coefficient (Wildman–Crippen LogP) is 6.45. The second-order valence-electron chi connectivity index (χ2n) is 13.6. The van der Waals surface area contributed by atoms with E-state index in [1.807, 2.05) is 39.2 Å². The molecule has 2 heterocycles. The van der Waals surface area contributed by atoms with Crippen LogP contribution in [0.2, 0.25) is 5.02 Å². The van der Waals surface area contributed by atoms with Crippen LogP contribution in [0, 0.1) is 23.7 Å². The van der Waals surface area contributed by atoms with Crippen molar-refractivity contribution in [3.8, 4) is 5.75 Å². The van der Waals surface area contributed by atoms with Gasteiger partial charge in [-0.05, 0) is 117 Å². The maximum atomic E-state index is 13.4. The van der Waals surface area contributed by atoms with Gasteiger partial charge in [-0.2, -0.15) is 0 Å². The largest absolute Gasteiger partial charge is 0.487 e. The smallest absolute Gasteiger partial charge is 0.264 e. The van der Waals surface area contributed by atoms with Gasteiger partial charge in [0.1, 0.15) is 12.4 Å². The molecule has 0 saturated heterocycles. The number of nitrogens with zero attached hydrogens (tertiary/aromatic N) is 2. The summed E-state index contributed by atoms with van der Waals surface area (Å²) in [7, 11) is -0.277. The van der Waals surface area contributed by atoms with Crippen LogP contribution < -0.4 is 14.4 Å².